The fourth-order valence-corrected chi connectivity index (χ4v) is 6.17. The van der Waals surface area contributed by atoms with E-state index < -0.39 is 0 Å². The first-order valence-electron chi connectivity index (χ1n) is 10.3. The van der Waals surface area contributed by atoms with Crippen molar-refractivity contribution >= 4 is 0 Å². The second kappa shape index (κ2) is 7.22. The normalized spacial score (nSPS) is 40.8. The van der Waals surface area contributed by atoms with Gasteiger partial charge in [0.2, 0.25) is 0 Å². The summed E-state index contributed by atoms with van der Waals surface area (Å²) in [5, 5.41) is 4.04. The highest BCUT2D eigenvalue weighted by atomic mass is 16.5. The summed E-state index contributed by atoms with van der Waals surface area (Å²) in [5.41, 5.74) is 0.479. The molecule has 3 unspecified atom stereocenters. The Morgan fingerprint density at radius 3 is 2.58 bits per heavy atom. The molecule has 4 rings (SSSR count). The summed E-state index contributed by atoms with van der Waals surface area (Å²) in [5.74, 6) is 2.58. The van der Waals surface area contributed by atoms with Gasteiger partial charge in [0, 0.05) is 44.2 Å². The van der Waals surface area contributed by atoms with E-state index in [9.17, 15) is 0 Å². The number of hydrogen-bond donors (Lipinski definition) is 1. The molecule has 24 heavy (non-hydrogen) atoms. The van der Waals surface area contributed by atoms with Crippen LogP contribution in [0.25, 0.3) is 0 Å². The molecule has 2 saturated carbocycles. The summed E-state index contributed by atoms with van der Waals surface area (Å²) in [6.07, 6.45) is 7.02. The highest BCUT2D eigenvalue weighted by Crippen LogP contribution is 2.57. The lowest BCUT2D eigenvalue weighted by Crippen LogP contribution is -2.66. The van der Waals surface area contributed by atoms with Gasteiger partial charge in [-0.05, 0) is 36.5 Å². The van der Waals surface area contributed by atoms with E-state index in [0.717, 1.165) is 57.9 Å². The fraction of sp³-hybridized carbons (Fsp3) is 1.00. The maximum absolute atomic E-state index is 5.72. The largest absolute Gasteiger partial charge is 0.381 e. The monoisotopic (exact) mass is 336 g/mol. The number of ether oxygens (including phenoxy) is 2. The van der Waals surface area contributed by atoms with Crippen LogP contribution in [0.1, 0.15) is 46.0 Å². The van der Waals surface area contributed by atoms with E-state index in [2.05, 4.69) is 24.1 Å². The smallest absolute Gasteiger partial charge is 0.0594 e. The molecule has 2 aliphatic heterocycles. The van der Waals surface area contributed by atoms with Gasteiger partial charge in [0.25, 0.3) is 0 Å². The van der Waals surface area contributed by atoms with Crippen LogP contribution in [-0.4, -0.2) is 63.0 Å². The average molecular weight is 337 g/mol. The van der Waals surface area contributed by atoms with Gasteiger partial charge >= 0.3 is 0 Å². The summed E-state index contributed by atoms with van der Waals surface area (Å²) < 4.78 is 11.3. The zero-order valence-corrected chi connectivity index (χ0v) is 15.6. The molecule has 0 radical (unpaired) electrons. The molecule has 0 aromatic carbocycles. The molecule has 0 bridgehead atoms. The Balaban J connectivity index is 1.39. The van der Waals surface area contributed by atoms with Gasteiger partial charge < -0.3 is 14.8 Å². The molecule has 0 spiro atoms. The molecule has 0 aromatic heterocycles. The number of nitrogens with one attached hydrogen (secondary N) is 1. The predicted octanol–water partition coefficient (Wildman–Crippen LogP) is 2.53. The molecule has 2 heterocycles. The molecular weight excluding hydrogens is 300 g/mol. The summed E-state index contributed by atoms with van der Waals surface area (Å²) >= 11 is 0. The van der Waals surface area contributed by atoms with Crippen molar-refractivity contribution in [1.29, 1.82) is 0 Å². The van der Waals surface area contributed by atoms with Crippen molar-refractivity contribution in [3.63, 3.8) is 0 Å². The Labute approximate surface area is 147 Å². The lowest BCUT2D eigenvalue weighted by molar-refractivity contribution is -0.0915. The van der Waals surface area contributed by atoms with Crippen LogP contribution in [0.5, 0.6) is 0 Å². The van der Waals surface area contributed by atoms with Gasteiger partial charge in [0.05, 0.1) is 19.8 Å². The highest BCUT2D eigenvalue weighted by molar-refractivity contribution is 5.09. The zero-order valence-electron chi connectivity index (χ0n) is 15.6. The van der Waals surface area contributed by atoms with Crippen LogP contribution in [-0.2, 0) is 9.47 Å². The van der Waals surface area contributed by atoms with Crippen LogP contribution in [0, 0.1) is 23.2 Å². The Hall–Kier alpha value is -0.160. The molecule has 4 heteroatoms. The zero-order chi connectivity index (χ0) is 16.6. The van der Waals surface area contributed by atoms with E-state index in [1.54, 1.807) is 0 Å². The van der Waals surface area contributed by atoms with Gasteiger partial charge in [-0.1, -0.05) is 26.7 Å². The van der Waals surface area contributed by atoms with Crippen LogP contribution >= 0.6 is 0 Å². The van der Waals surface area contributed by atoms with Crippen molar-refractivity contribution in [2.24, 2.45) is 23.2 Å². The van der Waals surface area contributed by atoms with Gasteiger partial charge in [-0.3, -0.25) is 4.90 Å². The van der Waals surface area contributed by atoms with E-state index in [1.807, 2.05) is 0 Å². The number of hydrogen-bond acceptors (Lipinski definition) is 4. The molecule has 4 aliphatic rings. The number of fused-ring (bicyclic) bond motifs is 1. The summed E-state index contributed by atoms with van der Waals surface area (Å²) in [4.78, 5) is 2.67. The standard InChI is InChI=1S/C20H36N2O2/c1-20(2)17-6-4-3-5-16(17)19(20)21-13-18(15-7-10-24-14-15)22-8-11-23-12-9-22/h15-19,21H,3-14H2,1-2H3/t15?,16-,17+,18?,19?/m1/s1. The van der Waals surface area contributed by atoms with Crippen LogP contribution in [0.3, 0.4) is 0 Å². The van der Waals surface area contributed by atoms with Crippen molar-refractivity contribution in [3.8, 4) is 0 Å². The second-order valence-electron chi connectivity index (χ2n) is 9.10. The lowest BCUT2D eigenvalue weighted by Gasteiger charge is -2.61. The topological polar surface area (TPSA) is 33.7 Å². The van der Waals surface area contributed by atoms with Gasteiger partial charge in [0.1, 0.15) is 0 Å². The third kappa shape index (κ3) is 3.15. The van der Waals surface area contributed by atoms with E-state index in [-0.39, 0.29) is 0 Å². The maximum Gasteiger partial charge on any atom is 0.0594 e. The Morgan fingerprint density at radius 1 is 1.04 bits per heavy atom. The molecule has 138 valence electrons. The van der Waals surface area contributed by atoms with Crippen LogP contribution < -0.4 is 5.32 Å². The third-order valence-corrected chi connectivity index (χ3v) is 7.58. The molecule has 2 saturated heterocycles. The molecule has 4 fully saturated rings. The lowest BCUT2D eigenvalue weighted by atomic mass is 9.47. The van der Waals surface area contributed by atoms with Gasteiger partial charge in [0.15, 0.2) is 0 Å². The molecule has 0 aromatic rings. The average Bonchev–Trinajstić information content (AvgIpc) is 3.13. The van der Waals surface area contributed by atoms with Crippen molar-refractivity contribution in [2.45, 2.75) is 58.0 Å². The fourth-order valence-electron chi connectivity index (χ4n) is 6.17. The van der Waals surface area contributed by atoms with Crippen molar-refractivity contribution in [1.82, 2.24) is 10.2 Å². The van der Waals surface area contributed by atoms with Crippen LogP contribution in [0.2, 0.25) is 0 Å². The maximum atomic E-state index is 5.72. The van der Waals surface area contributed by atoms with E-state index >= 15 is 0 Å². The Kier molecular flexibility index (Phi) is 5.19. The summed E-state index contributed by atoms with van der Waals surface area (Å²) in [6.45, 7) is 12.0. The third-order valence-electron chi connectivity index (χ3n) is 7.58. The minimum atomic E-state index is 0.479. The first kappa shape index (κ1) is 17.3. The van der Waals surface area contributed by atoms with Gasteiger partial charge in [-0.25, -0.2) is 0 Å². The first-order valence-corrected chi connectivity index (χ1v) is 10.3. The van der Waals surface area contributed by atoms with E-state index in [0.29, 0.717) is 23.4 Å². The van der Waals surface area contributed by atoms with E-state index in [4.69, 9.17) is 9.47 Å². The molecule has 1 N–H and O–H groups in total. The molecule has 0 amide bonds. The van der Waals surface area contributed by atoms with Crippen molar-refractivity contribution in [2.75, 3.05) is 46.1 Å². The quantitative estimate of drug-likeness (QED) is 0.836. The second-order valence-corrected chi connectivity index (χ2v) is 9.10. The van der Waals surface area contributed by atoms with Crippen molar-refractivity contribution < 1.29 is 9.47 Å². The summed E-state index contributed by atoms with van der Waals surface area (Å²) in [7, 11) is 0. The SMILES string of the molecule is CC1(C)C(NCC(C2CCOC2)N2CCOCC2)[C@@H]2CCCC[C@@H]21. The minimum Gasteiger partial charge on any atom is -0.381 e. The number of rotatable bonds is 5. The summed E-state index contributed by atoms with van der Waals surface area (Å²) in [6, 6.07) is 1.34. The van der Waals surface area contributed by atoms with Crippen LogP contribution in [0.15, 0.2) is 0 Å². The Morgan fingerprint density at radius 2 is 1.83 bits per heavy atom. The molecule has 4 nitrogen and oxygen atoms in total. The highest BCUT2D eigenvalue weighted by Gasteiger charge is 2.56. The number of morpholine rings is 1. The van der Waals surface area contributed by atoms with Crippen molar-refractivity contribution in [3.05, 3.63) is 0 Å². The van der Waals surface area contributed by atoms with Gasteiger partial charge in [-0.2, -0.15) is 0 Å². The molecular formula is C20H36N2O2. The molecule has 2 aliphatic carbocycles. The first-order chi connectivity index (χ1) is 11.7. The van der Waals surface area contributed by atoms with E-state index in [1.165, 1.54) is 32.1 Å². The predicted molar refractivity (Wildman–Crippen MR) is 96.1 cm³/mol. The van der Waals surface area contributed by atoms with Crippen LogP contribution in [0.4, 0.5) is 0 Å². The molecule has 5 atom stereocenters. The van der Waals surface area contributed by atoms with Gasteiger partial charge in [-0.15, -0.1) is 0 Å². The Bertz CT molecular complexity index is 416. The number of nitrogens with zero attached hydrogens (tertiary/aromatic N) is 1. The minimum absolute atomic E-state index is 0.479.